The molecule has 0 radical (unpaired) electrons. The Kier molecular flexibility index (Phi) is 38.9. The van der Waals surface area contributed by atoms with Crippen LogP contribution >= 0.6 is 10.8 Å². The third-order valence-corrected chi connectivity index (χ3v) is 29.3. The maximum atomic E-state index is 10.8. The molecule has 2 aliphatic heterocycles. The maximum absolute atomic E-state index is 10.8. The molecule has 0 amide bonds. The standard InChI is InChI=1S/C15H26O.C15H24.C10H18O.C10H20O.C10H16.C10H14.2C10H16.C6H10OS2/c1-10-5-6-11-13(2,3)12-9-15(10,11)8-7-14(12,4)16;1-11-6-5-7-12(2)13-10-15(3,4)14(13)9-8-11;1-9(2)8-4-6-10(3,11-9)7-5-8;1-7(2)9-5-4-8(3)6-10(9)11;1-7-4-5-8-6-9(7)10(8,2)3;1-8(2)10-6-4-9(3)5-7-10;2*1-5-10(4)8-6-7-9(2)3;1-3-5-8-9(7)6-4-2/h10-12,16H,5-9H2,1-4H3;6,13-14H,2,5,7-10H2,1,3-4H3;8H,4-7H2,1-3H3;7-11H,4-6H2,1-3H3;4,8-9H,5-6H2,1-3H3;4-8H,1-3H3;2*5,7-8H,1,6H2,2-4H3;3-4H,1-2,5-6H2/b;11-6+;;;;;10-8+;10-8-;/t10-,11+,12?,14-,15+;13-,14-;;8-,9+,10-;;;;;/m11.1...../s1. The van der Waals surface area contributed by atoms with Crippen LogP contribution < -0.4 is 0 Å². The monoisotopic (exact) mass is 1440 g/mol. The van der Waals surface area contributed by atoms with Crippen molar-refractivity contribution in [2.45, 2.75) is 337 Å². The van der Waals surface area contributed by atoms with Gasteiger partial charge in [0.05, 0.1) is 39.5 Å². The van der Waals surface area contributed by atoms with Gasteiger partial charge in [-0.3, -0.25) is 0 Å². The summed E-state index contributed by atoms with van der Waals surface area (Å²) in [5, 5.41) is 20.3. The first-order valence-corrected chi connectivity index (χ1v) is 43.5. The Morgan fingerprint density at radius 1 is 0.667 bits per heavy atom. The first kappa shape index (κ1) is 93.1. The highest BCUT2D eigenvalue weighted by Crippen LogP contribution is 2.73. The number of aryl methyl sites for hydroxylation is 1. The highest BCUT2D eigenvalue weighted by atomic mass is 33.1. The molecule has 102 heavy (non-hydrogen) atoms. The van der Waals surface area contributed by atoms with Crippen LogP contribution in [0, 0.1) is 93.7 Å². The van der Waals surface area contributed by atoms with E-state index >= 15 is 0 Å². The van der Waals surface area contributed by atoms with Crippen LogP contribution in [0.5, 0.6) is 0 Å². The van der Waals surface area contributed by atoms with Crippen molar-refractivity contribution in [1.29, 1.82) is 0 Å². The molecule has 10 aliphatic carbocycles. The molecule has 13 rings (SSSR count). The first-order chi connectivity index (χ1) is 47.4. The lowest BCUT2D eigenvalue weighted by Gasteiger charge is -2.56. The molecule has 0 aromatic heterocycles. The predicted molar refractivity (Wildman–Crippen MR) is 457 cm³/mol. The van der Waals surface area contributed by atoms with E-state index in [1.54, 1.807) is 23.3 Å². The van der Waals surface area contributed by atoms with Crippen molar-refractivity contribution in [3.8, 4) is 0 Å². The lowest BCUT2D eigenvalue weighted by molar-refractivity contribution is -0.229. The van der Waals surface area contributed by atoms with Gasteiger partial charge >= 0.3 is 0 Å². The highest BCUT2D eigenvalue weighted by molar-refractivity contribution is 8.72. The second-order valence-corrected chi connectivity index (χ2v) is 40.8. The van der Waals surface area contributed by atoms with E-state index in [2.05, 4.69) is 267 Å². The van der Waals surface area contributed by atoms with Crippen LogP contribution in [0.1, 0.15) is 318 Å². The van der Waals surface area contributed by atoms with Crippen molar-refractivity contribution >= 4 is 21.0 Å². The van der Waals surface area contributed by atoms with Gasteiger partial charge in [-0.1, -0.05) is 239 Å². The van der Waals surface area contributed by atoms with Gasteiger partial charge < -0.3 is 19.5 Å². The molecule has 6 heteroatoms. The molecule has 1 aromatic carbocycles. The Labute approximate surface area is 639 Å². The SMILES string of the molecule is C=C/C(C)=C/CC=C(C)C.C=C/C(C)=C\CC=C(C)C.C=C1CC/C=C(\C)CC[C@@H]2[C@@H]1CC2(C)C.C=CCS[S+]([O-])CC=C.CC(C)[C@@H]1CC[C@@H](C)C[C@H]1O.CC12CCC(CC1)C(C)(C)O2.CC1=CCC2CC1C2(C)C.C[C@@H]1CC[C@H]2C(C)(C)C3C[C@@]12CC[C@@]3(C)O.Cc1ccc(C(C)C)cc1. The zero-order valence-electron chi connectivity index (χ0n) is 70.9. The van der Waals surface area contributed by atoms with Crippen molar-refractivity contribution in [2.24, 2.45) is 86.8 Å². The summed E-state index contributed by atoms with van der Waals surface area (Å²) in [6, 6.07) is 8.71. The van der Waals surface area contributed by atoms with Gasteiger partial charge in [0.15, 0.2) is 0 Å². The number of hydrogen-bond donors (Lipinski definition) is 2. The molecule has 4 unspecified atom stereocenters. The largest absolute Gasteiger partial charge is 0.605 e. The van der Waals surface area contributed by atoms with E-state index in [0.29, 0.717) is 51.1 Å². The minimum absolute atomic E-state index is 0.0289. The minimum Gasteiger partial charge on any atom is -0.605 e. The normalized spacial score (nSPS) is 32.7. The fourth-order valence-electron chi connectivity index (χ4n) is 19.2. The topological polar surface area (TPSA) is 72.8 Å². The molecule has 2 saturated heterocycles. The van der Waals surface area contributed by atoms with Gasteiger partial charge in [-0.05, 0) is 323 Å². The van der Waals surface area contributed by atoms with Gasteiger partial charge in [0.25, 0.3) is 0 Å². The summed E-state index contributed by atoms with van der Waals surface area (Å²) in [6.07, 6.45) is 47.3. The molecule has 1 spiro atoms. The molecule has 6 bridgehead atoms. The molecule has 4 nitrogen and oxygen atoms in total. The number of aliphatic hydroxyl groups is 2. The second kappa shape index (κ2) is 42.6. The number of ether oxygens (including phenoxy) is 1. The minimum atomic E-state index is -0.793. The molecule has 13 atom stereocenters. The molecular weight excluding hydrogens is 1280 g/mol. The van der Waals surface area contributed by atoms with Crippen molar-refractivity contribution in [2.75, 3.05) is 11.5 Å². The fraction of sp³-hybridized carbons (Fsp3) is 0.708. The Bertz CT molecular complexity index is 2870. The highest BCUT2D eigenvalue weighted by Gasteiger charge is 2.67. The summed E-state index contributed by atoms with van der Waals surface area (Å²) in [4.78, 5) is 0. The lowest BCUT2D eigenvalue weighted by Crippen LogP contribution is -2.53. The van der Waals surface area contributed by atoms with E-state index < -0.39 is 15.8 Å². The summed E-state index contributed by atoms with van der Waals surface area (Å²) in [6.45, 7) is 74.8. The smallest absolute Gasteiger partial charge is 0.135 e. The average molecular weight is 1440 g/mol. The lowest BCUT2D eigenvalue weighted by atomic mass is 9.49. The molecular formula is C96H160O4S2. The van der Waals surface area contributed by atoms with Gasteiger partial charge in [0.2, 0.25) is 0 Å². The van der Waals surface area contributed by atoms with Gasteiger partial charge in [-0.25, -0.2) is 0 Å². The zero-order chi connectivity index (χ0) is 77.4. The molecule has 7 saturated carbocycles. The average Bonchev–Trinajstić information content (AvgIpc) is 1.52. The molecule has 9 fully saturated rings. The fourth-order valence-corrected chi connectivity index (χ4v) is 21.1. The van der Waals surface area contributed by atoms with E-state index in [0.717, 1.165) is 78.8 Å². The molecule has 2 heterocycles. The summed E-state index contributed by atoms with van der Waals surface area (Å²) in [5.41, 5.74) is 14.9. The number of rotatable bonds is 13. The van der Waals surface area contributed by atoms with Gasteiger partial charge in [0.1, 0.15) is 5.75 Å². The Morgan fingerprint density at radius 3 is 1.68 bits per heavy atom. The van der Waals surface area contributed by atoms with Crippen LogP contribution in [0.15, 0.2) is 157 Å². The van der Waals surface area contributed by atoms with Gasteiger partial charge in [-0.15, -0.1) is 6.58 Å². The first-order valence-electron chi connectivity index (χ1n) is 40.7. The van der Waals surface area contributed by atoms with Crippen LogP contribution in [0.3, 0.4) is 0 Å². The Morgan fingerprint density at radius 2 is 1.25 bits per heavy atom. The third-order valence-electron chi connectivity index (χ3n) is 26.5. The van der Waals surface area contributed by atoms with Crippen LogP contribution in [0.4, 0.5) is 0 Å². The Hall–Kier alpha value is -3.10. The number of aliphatic hydroxyl groups excluding tert-OH is 1. The summed E-state index contributed by atoms with van der Waals surface area (Å²) in [5.74, 6) is 10.7. The molecule has 12 aliphatic rings. The zero-order valence-corrected chi connectivity index (χ0v) is 72.5. The predicted octanol–water partition coefficient (Wildman–Crippen LogP) is 28.3. The Balaban J connectivity index is 0.000000301. The second-order valence-electron chi connectivity index (χ2n) is 37.4. The van der Waals surface area contributed by atoms with E-state index in [-0.39, 0.29) is 17.3 Å². The van der Waals surface area contributed by atoms with Crippen LogP contribution in [-0.4, -0.2) is 49.2 Å². The van der Waals surface area contributed by atoms with E-state index in [1.165, 1.54) is 159 Å². The summed E-state index contributed by atoms with van der Waals surface area (Å²) < 4.78 is 16.8. The van der Waals surface area contributed by atoms with Crippen molar-refractivity contribution in [3.63, 3.8) is 0 Å². The van der Waals surface area contributed by atoms with Crippen LogP contribution in [0.25, 0.3) is 0 Å². The number of benzene rings is 1. The van der Waals surface area contributed by atoms with Crippen LogP contribution in [-0.2, 0) is 14.9 Å². The van der Waals surface area contributed by atoms with E-state index in [4.69, 9.17) is 4.74 Å². The van der Waals surface area contributed by atoms with Crippen molar-refractivity contribution < 1.29 is 19.5 Å². The molecule has 580 valence electrons. The summed E-state index contributed by atoms with van der Waals surface area (Å²) in [7, 11) is 0.591. The molecule has 2 N–H and O–H groups in total. The van der Waals surface area contributed by atoms with Crippen molar-refractivity contribution in [3.05, 3.63) is 168 Å². The van der Waals surface area contributed by atoms with Gasteiger partial charge in [0, 0.05) is 10.2 Å². The van der Waals surface area contributed by atoms with Crippen LogP contribution in [0.2, 0.25) is 0 Å². The summed E-state index contributed by atoms with van der Waals surface area (Å²) >= 11 is 0. The number of hydrogen-bond acceptors (Lipinski definition) is 5. The third kappa shape index (κ3) is 28.5. The molecule has 1 aromatic rings. The van der Waals surface area contributed by atoms with E-state index in [9.17, 15) is 14.8 Å². The quantitative estimate of drug-likeness (QED) is 0.0891. The number of fused-ring (bicyclic) bond motifs is 6. The maximum Gasteiger partial charge on any atom is 0.135 e. The number of allylic oxidation sites excluding steroid dienone is 15. The van der Waals surface area contributed by atoms with E-state index in [1.807, 2.05) is 12.2 Å². The van der Waals surface area contributed by atoms with Gasteiger partial charge in [-0.2, -0.15) is 0 Å². The van der Waals surface area contributed by atoms with Crippen molar-refractivity contribution in [1.82, 2.24) is 0 Å².